The maximum Gasteiger partial charge on any atom is 0.414 e. The van der Waals surface area contributed by atoms with Crippen molar-refractivity contribution in [3.63, 3.8) is 0 Å². The highest BCUT2D eigenvalue weighted by Gasteiger charge is 2.24. The highest BCUT2D eigenvalue weighted by atomic mass is 16.6. The van der Waals surface area contributed by atoms with Crippen molar-refractivity contribution in [2.24, 2.45) is 4.99 Å². The number of aliphatic hydroxyl groups is 1. The Morgan fingerprint density at radius 2 is 1.35 bits per heavy atom. The molecule has 0 spiro atoms. The van der Waals surface area contributed by atoms with E-state index in [2.05, 4.69) is 25.7 Å². The van der Waals surface area contributed by atoms with Gasteiger partial charge in [0.25, 0.3) is 5.91 Å². The second-order valence-corrected chi connectivity index (χ2v) is 9.34. The fraction of sp³-hybridized carbons (Fsp3) is 0.773. The van der Waals surface area contributed by atoms with Gasteiger partial charge in [-0.25, -0.2) is 14.4 Å². The van der Waals surface area contributed by atoms with Crippen LogP contribution in [0.25, 0.3) is 0 Å². The molecule has 12 nitrogen and oxygen atoms in total. The van der Waals surface area contributed by atoms with Crippen LogP contribution in [0.4, 0.5) is 9.59 Å². The van der Waals surface area contributed by atoms with Crippen molar-refractivity contribution in [2.45, 2.75) is 91.5 Å². The van der Waals surface area contributed by atoms with Crippen LogP contribution in [0.15, 0.2) is 4.99 Å². The first-order chi connectivity index (χ1) is 15.6. The third-order valence-corrected chi connectivity index (χ3v) is 3.65. The van der Waals surface area contributed by atoms with Crippen LogP contribution in [0.2, 0.25) is 0 Å². The summed E-state index contributed by atoms with van der Waals surface area (Å²) in [5, 5.41) is 16.8. The molecule has 0 heterocycles. The number of alkyl carbamates (subject to hydrolysis) is 2. The predicted molar refractivity (Wildman–Crippen MR) is 125 cm³/mol. The number of aliphatic imine (C=N–C) groups is 1. The first-order valence-electron chi connectivity index (χ1n) is 11.3. The molecule has 1 unspecified atom stereocenters. The molecule has 0 aliphatic carbocycles. The summed E-state index contributed by atoms with van der Waals surface area (Å²) in [4.78, 5) is 51.2. The zero-order valence-electron chi connectivity index (χ0n) is 21.3. The van der Waals surface area contributed by atoms with E-state index in [-0.39, 0.29) is 12.6 Å². The van der Waals surface area contributed by atoms with Gasteiger partial charge in [0.05, 0.1) is 6.61 Å². The lowest BCUT2D eigenvalue weighted by Gasteiger charge is -2.22. The minimum absolute atomic E-state index is 0.0773. The first-order valence-corrected chi connectivity index (χ1v) is 11.3. The molecule has 34 heavy (non-hydrogen) atoms. The number of guanidine groups is 1. The normalized spacial score (nSPS) is 12.1. The van der Waals surface area contributed by atoms with Gasteiger partial charge in [0.2, 0.25) is 12.1 Å². The lowest BCUT2D eigenvalue weighted by Crippen LogP contribution is -2.47. The smallest absolute Gasteiger partial charge is 0.414 e. The second kappa shape index (κ2) is 15.1. The third kappa shape index (κ3) is 16.7. The van der Waals surface area contributed by atoms with Crippen LogP contribution >= 0.6 is 0 Å². The van der Waals surface area contributed by atoms with E-state index >= 15 is 0 Å². The van der Waals surface area contributed by atoms with Crippen LogP contribution < -0.4 is 16.0 Å². The number of nitrogens with zero attached hydrogens (tertiary/aromatic N) is 1. The van der Waals surface area contributed by atoms with Gasteiger partial charge in [0.15, 0.2) is 0 Å². The molecule has 0 bridgehead atoms. The Balaban J connectivity index is 4.50. The summed E-state index contributed by atoms with van der Waals surface area (Å²) in [6.07, 6.45) is -0.571. The quantitative estimate of drug-likeness (QED) is 0.0905. The molecule has 4 N–H and O–H groups in total. The molecule has 12 heteroatoms. The van der Waals surface area contributed by atoms with Gasteiger partial charge in [-0.05, 0) is 61.3 Å². The molecule has 1 atom stereocenters. The Labute approximate surface area is 201 Å². The number of esters is 1. The molecule has 0 fully saturated rings. The second-order valence-electron chi connectivity index (χ2n) is 9.34. The number of carbonyl (C=O) groups is 4. The zero-order valence-corrected chi connectivity index (χ0v) is 21.3. The van der Waals surface area contributed by atoms with E-state index in [1.807, 2.05) is 0 Å². The Kier molecular flexibility index (Phi) is 13.8. The maximum atomic E-state index is 12.0. The fourth-order valence-corrected chi connectivity index (χ4v) is 2.33. The van der Waals surface area contributed by atoms with E-state index in [0.29, 0.717) is 25.9 Å². The molecular formula is C22H40N4O8. The van der Waals surface area contributed by atoms with Gasteiger partial charge >= 0.3 is 18.2 Å². The van der Waals surface area contributed by atoms with Crippen molar-refractivity contribution in [3.05, 3.63) is 0 Å². The maximum absolute atomic E-state index is 12.0. The highest BCUT2D eigenvalue weighted by molar-refractivity contribution is 6.01. The molecule has 3 amide bonds. The van der Waals surface area contributed by atoms with Crippen LogP contribution in [0.5, 0.6) is 0 Å². The Bertz CT molecular complexity index is 679. The van der Waals surface area contributed by atoms with Gasteiger partial charge in [-0.15, -0.1) is 0 Å². The lowest BCUT2D eigenvalue weighted by molar-refractivity contribution is -0.157. The molecule has 0 aliphatic rings. The van der Waals surface area contributed by atoms with Crippen molar-refractivity contribution in [2.75, 3.05) is 19.7 Å². The molecule has 0 aromatic heterocycles. The molecule has 0 radical (unpaired) electrons. The minimum atomic E-state index is -1.83. The summed E-state index contributed by atoms with van der Waals surface area (Å²) < 4.78 is 14.9. The van der Waals surface area contributed by atoms with Gasteiger partial charge in [-0.3, -0.25) is 20.4 Å². The van der Waals surface area contributed by atoms with Crippen molar-refractivity contribution < 1.29 is 38.5 Å². The molecular weight excluding hydrogens is 448 g/mol. The zero-order chi connectivity index (χ0) is 26.4. The Morgan fingerprint density at radius 1 is 0.853 bits per heavy atom. The molecule has 0 aromatic rings. The Hall–Kier alpha value is -2.89. The number of hydrogen-bond donors (Lipinski definition) is 4. The largest absolute Gasteiger partial charge is 0.464 e. The standard InChI is InChI=1S/C22H40N4O8/c1-8-32-17(29)15(27)16(28)23-13-11-9-10-12-14-24-18(25-19(30)33-21(2,3)4)26-20(31)34-22(5,6)7/h15,27H,8-14H2,1-7H3,(H,23,28)(H2,24,25,26,30,31). The number of nitrogens with one attached hydrogen (secondary N) is 3. The van der Waals surface area contributed by atoms with E-state index < -0.39 is 41.4 Å². The summed E-state index contributed by atoms with van der Waals surface area (Å²) in [6, 6.07) is 0. The predicted octanol–water partition coefficient (Wildman–Crippen LogP) is 1.99. The van der Waals surface area contributed by atoms with E-state index in [1.54, 1.807) is 48.5 Å². The number of carbonyl (C=O) groups excluding carboxylic acids is 4. The van der Waals surface area contributed by atoms with Crippen molar-refractivity contribution >= 4 is 30.0 Å². The number of unbranched alkanes of at least 4 members (excludes halogenated alkanes) is 3. The van der Waals surface area contributed by atoms with E-state index in [0.717, 1.165) is 12.8 Å². The monoisotopic (exact) mass is 488 g/mol. The average Bonchev–Trinajstić information content (AvgIpc) is 2.66. The number of amides is 3. The lowest BCUT2D eigenvalue weighted by atomic mass is 10.2. The molecule has 0 saturated heterocycles. The molecule has 0 aromatic carbocycles. The summed E-state index contributed by atoms with van der Waals surface area (Å²) in [6.45, 7) is 12.5. The van der Waals surface area contributed by atoms with Gasteiger partial charge in [-0.2, -0.15) is 0 Å². The molecule has 0 rings (SSSR count). The summed E-state index contributed by atoms with van der Waals surface area (Å²) in [5.41, 5.74) is -1.44. The van der Waals surface area contributed by atoms with Crippen LogP contribution in [-0.2, 0) is 23.8 Å². The number of ether oxygens (including phenoxy) is 3. The summed E-state index contributed by atoms with van der Waals surface area (Å²) in [7, 11) is 0. The van der Waals surface area contributed by atoms with Gasteiger partial charge in [0, 0.05) is 13.1 Å². The minimum Gasteiger partial charge on any atom is -0.464 e. The van der Waals surface area contributed by atoms with Crippen LogP contribution in [0.3, 0.4) is 0 Å². The summed E-state index contributed by atoms with van der Waals surface area (Å²) >= 11 is 0. The van der Waals surface area contributed by atoms with E-state index in [4.69, 9.17) is 9.47 Å². The molecule has 0 aliphatic heterocycles. The van der Waals surface area contributed by atoms with Gasteiger partial charge in [0.1, 0.15) is 11.2 Å². The van der Waals surface area contributed by atoms with Crippen LogP contribution in [-0.4, -0.2) is 72.1 Å². The van der Waals surface area contributed by atoms with E-state index in [9.17, 15) is 24.3 Å². The average molecular weight is 489 g/mol. The fourth-order valence-electron chi connectivity index (χ4n) is 2.33. The van der Waals surface area contributed by atoms with Crippen molar-refractivity contribution in [1.82, 2.24) is 16.0 Å². The number of hydrogen-bond acceptors (Lipinski definition) is 9. The van der Waals surface area contributed by atoms with Crippen LogP contribution in [0.1, 0.15) is 74.1 Å². The van der Waals surface area contributed by atoms with Gasteiger partial charge in [-0.1, -0.05) is 12.8 Å². The van der Waals surface area contributed by atoms with Crippen LogP contribution in [0, 0.1) is 0 Å². The summed E-state index contributed by atoms with van der Waals surface area (Å²) in [5.74, 6) is -1.86. The SMILES string of the molecule is CCOC(=O)C(O)C(=O)NCCCCCCN=C(NC(=O)OC(C)(C)C)NC(=O)OC(C)(C)C. The van der Waals surface area contributed by atoms with Gasteiger partial charge < -0.3 is 24.6 Å². The van der Waals surface area contributed by atoms with Crippen molar-refractivity contribution in [1.29, 1.82) is 0 Å². The van der Waals surface area contributed by atoms with Crippen molar-refractivity contribution in [3.8, 4) is 0 Å². The highest BCUT2D eigenvalue weighted by Crippen LogP contribution is 2.08. The topological polar surface area (TPSA) is 165 Å². The molecule has 0 saturated carbocycles. The molecule has 196 valence electrons. The number of rotatable bonds is 10. The number of aliphatic hydroxyl groups excluding tert-OH is 1. The Morgan fingerprint density at radius 3 is 1.82 bits per heavy atom. The first kappa shape index (κ1) is 31.1. The van der Waals surface area contributed by atoms with E-state index in [1.165, 1.54) is 0 Å². The third-order valence-electron chi connectivity index (χ3n) is 3.65.